The molecule has 0 atom stereocenters. The number of nitrogens with two attached hydrogens (primary N) is 1. The zero-order valence-electron chi connectivity index (χ0n) is 11.0. The van der Waals surface area contributed by atoms with Crippen LogP contribution in [0.4, 0.5) is 0 Å². The van der Waals surface area contributed by atoms with Gasteiger partial charge in [-0.3, -0.25) is 0 Å². The highest BCUT2D eigenvalue weighted by Crippen LogP contribution is 2.12. The fourth-order valence-corrected chi connectivity index (χ4v) is 2.12. The maximum absolute atomic E-state index is 5.55. The van der Waals surface area contributed by atoms with Crippen molar-refractivity contribution in [1.82, 2.24) is 0 Å². The van der Waals surface area contributed by atoms with E-state index in [1.807, 2.05) is 0 Å². The first-order chi connectivity index (χ1) is 8.81. The van der Waals surface area contributed by atoms with Gasteiger partial charge in [0.2, 0.25) is 0 Å². The van der Waals surface area contributed by atoms with Crippen LogP contribution in [-0.2, 0) is 19.3 Å². The Hall–Kier alpha value is -1.60. The second kappa shape index (κ2) is 6.36. The van der Waals surface area contributed by atoms with Crippen LogP contribution in [0.2, 0.25) is 0 Å². The number of aryl methyl sites for hydroxylation is 1. The highest BCUT2D eigenvalue weighted by atomic mass is 14.5. The zero-order chi connectivity index (χ0) is 12.8. The van der Waals surface area contributed by atoms with Crippen molar-refractivity contribution in [2.45, 2.75) is 26.2 Å². The van der Waals surface area contributed by atoms with Crippen molar-refractivity contribution >= 4 is 0 Å². The summed E-state index contributed by atoms with van der Waals surface area (Å²) in [4.78, 5) is 0. The van der Waals surface area contributed by atoms with Crippen LogP contribution in [0, 0.1) is 0 Å². The van der Waals surface area contributed by atoms with E-state index >= 15 is 0 Å². The Morgan fingerprint density at radius 2 is 1.17 bits per heavy atom. The van der Waals surface area contributed by atoms with E-state index in [0.717, 1.165) is 25.8 Å². The van der Waals surface area contributed by atoms with Gasteiger partial charge in [-0.15, -0.1) is 0 Å². The number of hydrogen-bond acceptors (Lipinski definition) is 1. The van der Waals surface area contributed by atoms with Crippen molar-refractivity contribution < 1.29 is 0 Å². The van der Waals surface area contributed by atoms with E-state index in [9.17, 15) is 0 Å². The molecule has 18 heavy (non-hydrogen) atoms. The molecule has 0 unspecified atom stereocenters. The number of benzene rings is 2. The van der Waals surface area contributed by atoms with Gasteiger partial charge in [-0.25, -0.2) is 0 Å². The third-order valence-corrected chi connectivity index (χ3v) is 3.30. The summed E-state index contributed by atoms with van der Waals surface area (Å²) in [5, 5.41) is 0. The Morgan fingerprint density at radius 1 is 0.722 bits per heavy atom. The lowest BCUT2D eigenvalue weighted by atomic mass is 10.0. The first kappa shape index (κ1) is 12.8. The van der Waals surface area contributed by atoms with Gasteiger partial charge in [0, 0.05) is 0 Å². The van der Waals surface area contributed by atoms with Crippen molar-refractivity contribution in [3.8, 4) is 0 Å². The van der Waals surface area contributed by atoms with Crippen LogP contribution in [0.1, 0.15) is 29.2 Å². The molecule has 0 heterocycles. The second-order valence-electron chi connectivity index (χ2n) is 4.70. The van der Waals surface area contributed by atoms with Gasteiger partial charge in [0.15, 0.2) is 0 Å². The molecule has 0 saturated heterocycles. The predicted octanol–water partition coefficient (Wildman–Crippen LogP) is 3.34. The topological polar surface area (TPSA) is 26.0 Å². The largest absolute Gasteiger partial charge is 0.330 e. The molecule has 0 aromatic heterocycles. The van der Waals surface area contributed by atoms with E-state index in [2.05, 4.69) is 55.5 Å². The lowest BCUT2D eigenvalue weighted by Gasteiger charge is -2.05. The molecular weight excluding hydrogens is 218 g/mol. The molecule has 0 fully saturated rings. The fourth-order valence-electron chi connectivity index (χ4n) is 2.12. The second-order valence-corrected chi connectivity index (χ2v) is 4.70. The lowest BCUT2D eigenvalue weighted by molar-refractivity contribution is 0.966. The third kappa shape index (κ3) is 3.44. The Bertz CT molecular complexity index is 468. The molecular formula is C17H21N. The van der Waals surface area contributed by atoms with E-state index in [1.54, 1.807) is 0 Å². The van der Waals surface area contributed by atoms with Crippen molar-refractivity contribution in [2.75, 3.05) is 6.54 Å². The van der Waals surface area contributed by atoms with Gasteiger partial charge in [0.25, 0.3) is 0 Å². The van der Waals surface area contributed by atoms with Crippen molar-refractivity contribution in [2.24, 2.45) is 5.73 Å². The molecule has 0 aliphatic carbocycles. The maximum Gasteiger partial charge on any atom is -0.00258 e. The molecule has 0 amide bonds. The minimum Gasteiger partial charge on any atom is -0.330 e. The summed E-state index contributed by atoms with van der Waals surface area (Å²) >= 11 is 0. The van der Waals surface area contributed by atoms with E-state index in [4.69, 9.17) is 5.73 Å². The molecule has 0 aliphatic heterocycles. The number of hydrogen-bond donors (Lipinski definition) is 1. The normalized spacial score (nSPS) is 10.6. The Morgan fingerprint density at radius 3 is 1.61 bits per heavy atom. The molecule has 0 saturated carbocycles. The fraction of sp³-hybridized carbons (Fsp3) is 0.294. The van der Waals surface area contributed by atoms with Crippen molar-refractivity contribution in [1.29, 1.82) is 0 Å². The molecule has 0 aliphatic rings. The molecule has 2 aromatic rings. The van der Waals surface area contributed by atoms with Crippen LogP contribution in [0.5, 0.6) is 0 Å². The summed E-state index contributed by atoms with van der Waals surface area (Å²) in [7, 11) is 0. The summed E-state index contributed by atoms with van der Waals surface area (Å²) in [6, 6.07) is 17.7. The van der Waals surface area contributed by atoms with Crippen molar-refractivity contribution in [3.63, 3.8) is 0 Å². The quantitative estimate of drug-likeness (QED) is 0.851. The van der Waals surface area contributed by atoms with Crippen LogP contribution in [0.15, 0.2) is 48.5 Å². The summed E-state index contributed by atoms with van der Waals surface area (Å²) in [5.41, 5.74) is 11.0. The van der Waals surface area contributed by atoms with Crippen LogP contribution in [0.25, 0.3) is 0 Å². The lowest BCUT2D eigenvalue weighted by Crippen LogP contribution is -2.02. The van der Waals surface area contributed by atoms with Gasteiger partial charge < -0.3 is 5.73 Å². The molecule has 2 rings (SSSR count). The van der Waals surface area contributed by atoms with Crippen LogP contribution in [0.3, 0.4) is 0 Å². The summed E-state index contributed by atoms with van der Waals surface area (Å²) in [6.45, 7) is 2.91. The molecule has 0 radical (unpaired) electrons. The standard InChI is InChI=1S/C17H21N/c1-2-14-3-7-16(8-4-14)13-17-9-5-15(6-10-17)11-12-18/h3-10H,2,11-13,18H2,1H3. The molecule has 2 aromatic carbocycles. The molecule has 0 bridgehead atoms. The van der Waals surface area contributed by atoms with Gasteiger partial charge >= 0.3 is 0 Å². The van der Waals surface area contributed by atoms with Gasteiger partial charge in [-0.2, -0.15) is 0 Å². The Kier molecular flexibility index (Phi) is 4.54. The van der Waals surface area contributed by atoms with E-state index < -0.39 is 0 Å². The Balaban J connectivity index is 2.03. The van der Waals surface area contributed by atoms with Crippen molar-refractivity contribution in [3.05, 3.63) is 70.8 Å². The molecule has 1 nitrogen and oxygen atoms in total. The van der Waals surface area contributed by atoms with Gasteiger partial charge in [0.05, 0.1) is 0 Å². The minimum atomic E-state index is 0.720. The Labute approximate surface area is 110 Å². The third-order valence-electron chi connectivity index (χ3n) is 3.30. The van der Waals surface area contributed by atoms with Gasteiger partial charge in [-0.05, 0) is 48.1 Å². The average Bonchev–Trinajstić information content (AvgIpc) is 2.42. The van der Waals surface area contributed by atoms with E-state index in [1.165, 1.54) is 22.3 Å². The first-order valence-corrected chi connectivity index (χ1v) is 6.67. The van der Waals surface area contributed by atoms with Gasteiger partial charge in [0.1, 0.15) is 0 Å². The van der Waals surface area contributed by atoms with Gasteiger partial charge in [-0.1, -0.05) is 55.5 Å². The summed E-state index contributed by atoms with van der Waals surface area (Å²) < 4.78 is 0. The highest BCUT2D eigenvalue weighted by molar-refractivity contribution is 5.30. The smallest absolute Gasteiger partial charge is 0.00258 e. The molecule has 1 heteroatoms. The number of rotatable bonds is 5. The highest BCUT2D eigenvalue weighted by Gasteiger charge is 1.97. The zero-order valence-corrected chi connectivity index (χ0v) is 11.0. The summed E-state index contributed by atoms with van der Waals surface area (Å²) in [5.74, 6) is 0. The minimum absolute atomic E-state index is 0.720. The average molecular weight is 239 g/mol. The molecule has 0 spiro atoms. The van der Waals surface area contributed by atoms with Crippen LogP contribution in [-0.4, -0.2) is 6.54 Å². The van der Waals surface area contributed by atoms with E-state index in [-0.39, 0.29) is 0 Å². The SMILES string of the molecule is CCc1ccc(Cc2ccc(CCN)cc2)cc1. The summed E-state index contributed by atoms with van der Waals surface area (Å²) in [6.07, 6.45) is 3.08. The molecule has 94 valence electrons. The predicted molar refractivity (Wildman–Crippen MR) is 77.8 cm³/mol. The van der Waals surface area contributed by atoms with Crippen LogP contribution >= 0.6 is 0 Å². The monoisotopic (exact) mass is 239 g/mol. The van der Waals surface area contributed by atoms with E-state index in [0.29, 0.717) is 0 Å². The van der Waals surface area contributed by atoms with Crippen LogP contribution < -0.4 is 5.73 Å². The maximum atomic E-state index is 5.55. The first-order valence-electron chi connectivity index (χ1n) is 6.67. The molecule has 2 N–H and O–H groups in total.